The maximum Gasteiger partial charge on any atom is 0.0535 e. The van der Waals surface area contributed by atoms with Gasteiger partial charge in [0.1, 0.15) is 0 Å². The molecule has 0 unspecified atom stereocenters. The minimum absolute atomic E-state index is 1.01. The number of para-hydroxylation sites is 1. The molecule has 5 aromatic rings. The Hall–Kier alpha value is -4.10. The van der Waals surface area contributed by atoms with Crippen LogP contribution in [0.5, 0.6) is 0 Å². The lowest BCUT2D eigenvalue weighted by Gasteiger charge is -2.41. The highest BCUT2D eigenvalue weighted by atomic mass is 15.2. The summed E-state index contributed by atoms with van der Waals surface area (Å²) in [6.07, 6.45) is 4.12. The van der Waals surface area contributed by atoms with E-state index in [2.05, 4.69) is 95.9 Å². The van der Waals surface area contributed by atoms with Crippen molar-refractivity contribution in [2.45, 2.75) is 25.7 Å². The summed E-state index contributed by atoms with van der Waals surface area (Å²) in [6, 6.07) is 34.4. The SMILES string of the molecule is c1ccc2c(c1)Cc1c-2cc2c3c1Cc1c(ccc4c1-c1ccccc1C4)N3c1ccccc1C2. The smallest absolute Gasteiger partial charge is 0.0535 e. The fourth-order valence-corrected chi connectivity index (χ4v) is 7.31. The zero-order valence-corrected chi connectivity index (χ0v) is 19.4. The van der Waals surface area contributed by atoms with E-state index in [1.807, 2.05) is 0 Å². The van der Waals surface area contributed by atoms with Gasteiger partial charge in [-0.2, -0.15) is 0 Å². The number of hydrogen-bond acceptors (Lipinski definition) is 1. The van der Waals surface area contributed by atoms with Crippen molar-refractivity contribution in [1.29, 1.82) is 0 Å². The fourth-order valence-electron chi connectivity index (χ4n) is 7.31. The van der Waals surface area contributed by atoms with Gasteiger partial charge in [-0.25, -0.2) is 0 Å². The Balaban J connectivity index is 1.38. The molecular weight excluding hydrogens is 422 g/mol. The van der Waals surface area contributed by atoms with E-state index in [4.69, 9.17) is 0 Å². The van der Waals surface area contributed by atoms with E-state index in [0.29, 0.717) is 0 Å². The maximum absolute atomic E-state index is 2.60. The van der Waals surface area contributed by atoms with Gasteiger partial charge in [0, 0.05) is 18.5 Å². The Bertz CT molecular complexity index is 1760. The lowest BCUT2D eigenvalue weighted by atomic mass is 9.80. The molecule has 35 heavy (non-hydrogen) atoms. The lowest BCUT2D eigenvalue weighted by molar-refractivity contribution is 0.994. The summed E-state index contributed by atoms with van der Waals surface area (Å²) in [5.41, 5.74) is 21.9. The Labute approximate surface area is 205 Å². The molecule has 9 rings (SSSR count). The van der Waals surface area contributed by atoms with Crippen LogP contribution in [0, 0.1) is 0 Å². The molecule has 0 spiro atoms. The number of nitrogens with zero attached hydrogens (tertiary/aromatic N) is 1. The summed E-state index contributed by atoms with van der Waals surface area (Å²) < 4.78 is 0. The van der Waals surface area contributed by atoms with E-state index in [1.165, 1.54) is 72.7 Å². The molecule has 2 heterocycles. The Morgan fingerprint density at radius 1 is 0.429 bits per heavy atom. The summed E-state index contributed by atoms with van der Waals surface area (Å²) >= 11 is 0. The van der Waals surface area contributed by atoms with Crippen molar-refractivity contribution < 1.29 is 0 Å². The number of anilines is 3. The van der Waals surface area contributed by atoms with Crippen LogP contribution in [-0.2, 0) is 25.7 Å². The third kappa shape index (κ3) is 2.24. The minimum Gasteiger partial charge on any atom is -0.309 e. The average molecular weight is 446 g/mol. The predicted octanol–water partition coefficient (Wildman–Crippen LogP) is 8.11. The third-order valence-corrected chi connectivity index (χ3v) is 8.75. The first-order valence-electron chi connectivity index (χ1n) is 12.7. The van der Waals surface area contributed by atoms with Gasteiger partial charge in [-0.1, -0.05) is 72.8 Å². The molecule has 0 amide bonds. The van der Waals surface area contributed by atoms with Crippen molar-refractivity contribution in [3.8, 4) is 22.3 Å². The van der Waals surface area contributed by atoms with E-state index in [0.717, 1.165) is 25.7 Å². The second kappa shape index (κ2) is 6.31. The highest BCUT2D eigenvalue weighted by Gasteiger charge is 2.38. The van der Waals surface area contributed by atoms with E-state index < -0.39 is 0 Å². The Morgan fingerprint density at radius 2 is 1.14 bits per heavy atom. The number of fused-ring (bicyclic) bond motifs is 12. The minimum atomic E-state index is 1.01. The predicted molar refractivity (Wildman–Crippen MR) is 143 cm³/mol. The summed E-state index contributed by atoms with van der Waals surface area (Å²) in [5.74, 6) is 0. The van der Waals surface area contributed by atoms with Gasteiger partial charge in [-0.3, -0.25) is 0 Å². The van der Waals surface area contributed by atoms with Crippen LogP contribution in [-0.4, -0.2) is 0 Å². The first-order valence-corrected chi connectivity index (χ1v) is 12.7. The van der Waals surface area contributed by atoms with Gasteiger partial charge in [-0.05, 0) is 97.8 Å². The maximum atomic E-state index is 2.60. The molecule has 164 valence electrons. The molecule has 0 aromatic heterocycles. The molecule has 0 radical (unpaired) electrons. The largest absolute Gasteiger partial charge is 0.309 e. The number of benzene rings is 5. The van der Waals surface area contributed by atoms with Gasteiger partial charge < -0.3 is 4.90 Å². The molecule has 0 saturated carbocycles. The van der Waals surface area contributed by atoms with Crippen molar-refractivity contribution in [2.75, 3.05) is 4.90 Å². The van der Waals surface area contributed by atoms with E-state index in [9.17, 15) is 0 Å². The molecule has 1 nitrogen and oxygen atoms in total. The normalized spacial score (nSPS) is 14.9. The first kappa shape index (κ1) is 18.3. The highest BCUT2D eigenvalue weighted by Crippen LogP contribution is 2.57. The molecule has 0 fully saturated rings. The highest BCUT2D eigenvalue weighted by molar-refractivity contribution is 5.97. The van der Waals surface area contributed by atoms with Gasteiger partial charge in [0.05, 0.1) is 11.4 Å². The molecule has 0 bridgehead atoms. The molecule has 0 N–H and O–H groups in total. The van der Waals surface area contributed by atoms with Gasteiger partial charge in [-0.15, -0.1) is 0 Å². The van der Waals surface area contributed by atoms with Gasteiger partial charge >= 0.3 is 0 Å². The van der Waals surface area contributed by atoms with E-state index in [1.54, 1.807) is 11.1 Å². The summed E-state index contributed by atoms with van der Waals surface area (Å²) in [4.78, 5) is 2.60. The van der Waals surface area contributed by atoms with Gasteiger partial charge in [0.15, 0.2) is 0 Å². The van der Waals surface area contributed by atoms with Crippen molar-refractivity contribution in [3.05, 3.63) is 136 Å². The Morgan fingerprint density at radius 3 is 2.03 bits per heavy atom. The van der Waals surface area contributed by atoms with E-state index in [-0.39, 0.29) is 0 Å². The summed E-state index contributed by atoms with van der Waals surface area (Å²) in [7, 11) is 0. The van der Waals surface area contributed by atoms with Crippen LogP contribution in [0.2, 0.25) is 0 Å². The van der Waals surface area contributed by atoms with Crippen LogP contribution >= 0.6 is 0 Å². The van der Waals surface area contributed by atoms with Crippen molar-refractivity contribution in [2.24, 2.45) is 0 Å². The zero-order chi connectivity index (χ0) is 22.7. The molecular formula is C34H23N. The van der Waals surface area contributed by atoms with Crippen molar-refractivity contribution in [3.63, 3.8) is 0 Å². The van der Waals surface area contributed by atoms with Crippen molar-refractivity contribution in [1.82, 2.24) is 0 Å². The lowest BCUT2D eigenvalue weighted by Crippen LogP contribution is -2.26. The second-order valence-electron chi connectivity index (χ2n) is 10.5. The topological polar surface area (TPSA) is 3.24 Å². The van der Waals surface area contributed by atoms with Crippen LogP contribution < -0.4 is 4.90 Å². The molecule has 1 heteroatoms. The molecule has 0 saturated heterocycles. The fraction of sp³-hybridized carbons (Fsp3) is 0.118. The zero-order valence-electron chi connectivity index (χ0n) is 19.4. The monoisotopic (exact) mass is 445 g/mol. The summed E-state index contributed by atoms with van der Waals surface area (Å²) in [5, 5.41) is 0. The Kier molecular flexibility index (Phi) is 3.29. The standard InChI is InChI=1S/C34H23N/c1-4-10-25-21(8-1)17-28-27(25)18-24-16-22-9-3-6-12-31(22)35-32-14-13-23-15-20-7-2-5-11-26(20)33(23)30(32)19-29(28)34(24)35/h1-14,18H,15-17,19H2. The number of rotatable bonds is 0. The molecule has 2 aliphatic heterocycles. The van der Waals surface area contributed by atoms with Gasteiger partial charge in [0.25, 0.3) is 0 Å². The van der Waals surface area contributed by atoms with Crippen LogP contribution in [0.4, 0.5) is 17.1 Å². The summed E-state index contributed by atoms with van der Waals surface area (Å²) in [6.45, 7) is 0. The first-order chi connectivity index (χ1) is 17.3. The quantitative estimate of drug-likeness (QED) is 0.228. The third-order valence-electron chi connectivity index (χ3n) is 8.75. The van der Waals surface area contributed by atoms with Crippen LogP contribution in [0.15, 0.2) is 91.0 Å². The molecule has 4 aliphatic rings. The number of hydrogen-bond donors (Lipinski definition) is 0. The van der Waals surface area contributed by atoms with Crippen LogP contribution in [0.3, 0.4) is 0 Å². The average Bonchev–Trinajstić information content (AvgIpc) is 3.47. The van der Waals surface area contributed by atoms with Crippen molar-refractivity contribution >= 4 is 17.1 Å². The van der Waals surface area contributed by atoms with E-state index >= 15 is 0 Å². The van der Waals surface area contributed by atoms with Crippen LogP contribution in [0.1, 0.15) is 44.5 Å². The molecule has 0 atom stereocenters. The second-order valence-corrected chi connectivity index (χ2v) is 10.5. The molecule has 5 aromatic carbocycles. The molecule has 2 aliphatic carbocycles. The van der Waals surface area contributed by atoms with Gasteiger partial charge in [0.2, 0.25) is 0 Å². The van der Waals surface area contributed by atoms with Crippen LogP contribution in [0.25, 0.3) is 22.3 Å².